The van der Waals surface area contributed by atoms with E-state index in [0.29, 0.717) is 19.5 Å². The van der Waals surface area contributed by atoms with E-state index in [1.807, 2.05) is 54.4 Å². The molecule has 0 spiro atoms. The van der Waals surface area contributed by atoms with Crippen LogP contribution in [-0.2, 0) is 11.2 Å². The zero-order valence-electron chi connectivity index (χ0n) is 16.2. The summed E-state index contributed by atoms with van der Waals surface area (Å²) in [7, 11) is 0. The highest BCUT2D eigenvalue weighted by Gasteiger charge is 2.30. The SMILES string of the molecule is CC1=NC(Cc2c[nH]c3ccccc23)C(=O)N(CCCCN)c2ccccc21. The lowest BCUT2D eigenvalue weighted by molar-refractivity contribution is -0.119. The number of fused-ring (bicyclic) bond motifs is 2. The number of carbonyl (C=O) groups excluding carboxylic acids is 1. The molecule has 1 aromatic heterocycles. The summed E-state index contributed by atoms with van der Waals surface area (Å²) in [6, 6.07) is 15.8. The second-order valence-electron chi connectivity index (χ2n) is 7.30. The van der Waals surface area contributed by atoms with E-state index in [-0.39, 0.29) is 5.91 Å². The molecule has 3 aromatic rings. The quantitative estimate of drug-likeness (QED) is 0.646. The van der Waals surface area contributed by atoms with Gasteiger partial charge in [0.05, 0.1) is 5.69 Å². The Hall–Kier alpha value is -2.92. The summed E-state index contributed by atoms with van der Waals surface area (Å²) in [4.78, 5) is 23.5. The maximum absolute atomic E-state index is 13.5. The van der Waals surface area contributed by atoms with Gasteiger partial charge < -0.3 is 15.6 Å². The van der Waals surface area contributed by atoms with Crippen molar-refractivity contribution >= 4 is 28.2 Å². The number of aromatic nitrogens is 1. The standard InChI is InChI=1S/C23H26N4O/c1-16-18-8-3-5-11-22(18)27(13-7-6-12-24)23(28)21(26-16)14-17-15-25-20-10-4-2-9-19(17)20/h2-5,8-11,15,21,25H,6-7,12-14,24H2,1H3. The second-order valence-corrected chi connectivity index (χ2v) is 7.30. The van der Waals surface area contributed by atoms with Gasteiger partial charge in [0, 0.05) is 41.3 Å². The number of unbranched alkanes of at least 4 members (excludes halogenated alkanes) is 1. The highest BCUT2D eigenvalue weighted by molar-refractivity contribution is 6.12. The summed E-state index contributed by atoms with van der Waals surface area (Å²) in [6.07, 6.45) is 4.37. The van der Waals surface area contributed by atoms with Crippen LogP contribution in [0, 0.1) is 0 Å². The Morgan fingerprint density at radius 2 is 1.89 bits per heavy atom. The van der Waals surface area contributed by atoms with Crippen LogP contribution in [-0.4, -0.2) is 35.7 Å². The first kappa shape index (κ1) is 18.4. The zero-order chi connectivity index (χ0) is 19.5. The number of nitrogens with one attached hydrogen (secondary N) is 1. The van der Waals surface area contributed by atoms with Crippen LogP contribution in [0.2, 0.25) is 0 Å². The van der Waals surface area contributed by atoms with Crippen LogP contribution >= 0.6 is 0 Å². The van der Waals surface area contributed by atoms with Crippen LogP contribution < -0.4 is 10.6 Å². The normalized spacial score (nSPS) is 16.8. The van der Waals surface area contributed by atoms with Gasteiger partial charge in [-0.2, -0.15) is 0 Å². The van der Waals surface area contributed by atoms with Gasteiger partial charge in [0.15, 0.2) is 0 Å². The molecule has 144 valence electrons. The van der Waals surface area contributed by atoms with Gasteiger partial charge in [-0.1, -0.05) is 36.4 Å². The lowest BCUT2D eigenvalue weighted by atomic mass is 10.0. The van der Waals surface area contributed by atoms with E-state index >= 15 is 0 Å². The first-order chi connectivity index (χ1) is 13.7. The number of carbonyl (C=O) groups is 1. The Morgan fingerprint density at radius 3 is 2.75 bits per heavy atom. The smallest absolute Gasteiger partial charge is 0.252 e. The lowest BCUT2D eigenvalue weighted by Gasteiger charge is -2.25. The van der Waals surface area contributed by atoms with E-state index in [1.54, 1.807) is 0 Å². The van der Waals surface area contributed by atoms with Crippen LogP contribution in [0.25, 0.3) is 10.9 Å². The zero-order valence-corrected chi connectivity index (χ0v) is 16.2. The number of para-hydroxylation sites is 2. The number of anilines is 1. The van der Waals surface area contributed by atoms with Crippen molar-refractivity contribution < 1.29 is 4.79 Å². The van der Waals surface area contributed by atoms with Crippen LogP contribution in [0.5, 0.6) is 0 Å². The summed E-state index contributed by atoms with van der Waals surface area (Å²) >= 11 is 0. The van der Waals surface area contributed by atoms with Gasteiger partial charge >= 0.3 is 0 Å². The van der Waals surface area contributed by atoms with E-state index in [1.165, 1.54) is 0 Å². The van der Waals surface area contributed by atoms with Crippen LogP contribution in [0.3, 0.4) is 0 Å². The van der Waals surface area contributed by atoms with Crippen molar-refractivity contribution in [2.45, 2.75) is 32.2 Å². The molecular formula is C23H26N4O. The van der Waals surface area contributed by atoms with Crippen LogP contribution in [0.4, 0.5) is 5.69 Å². The van der Waals surface area contributed by atoms with E-state index in [2.05, 4.69) is 17.1 Å². The number of benzene rings is 2. The fourth-order valence-corrected chi connectivity index (χ4v) is 3.96. The Balaban J connectivity index is 1.69. The molecule has 0 saturated heterocycles. The molecule has 0 radical (unpaired) electrons. The summed E-state index contributed by atoms with van der Waals surface area (Å²) in [6.45, 7) is 3.30. The van der Waals surface area contributed by atoms with E-state index in [4.69, 9.17) is 10.7 Å². The minimum absolute atomic E-state index is 0.0617. The molecule has 0 saturated carbocycles. The lowest BCUT2D eigenvalue weighted by Crippen LogP contribution is -2.39. The van der Waals surface area contributed by atoms with E-state index in [0.717, 1.165) is 46.3 Å². The van der Waals surface area contributed by atoms with Crippen LogP contribution in [0.15, 0.2) is 59.7 Å². The number of hydrogen-bond donors (Lipinski definition) is 2. The highest BCUT2D eigenvalue weighted by atomic mass is 16.2. The highest BCUT2D eigenvalue weighted by Crippen LogP contribution is 2.28. The molecule has 1 aliphatic heterocycles. The maximum Gasteiger partial charge on any atom is 0.252 e. The van der Waals surface area contributed by atoms with Crippen molar-refractivity contribution in [2.75, 3.05) is 18.0 Å². The molecule has 0 fully saturated rings. The number of rotatable bonds is 6. The number of benzodiazepines with no additional fused rings is 1. The Labute approximate surface area is 165 Å². The Morgan fingerprint density at radius 1 is 1.11 bits per heavy atom. The first-order valence-corrected chi connectivity index (χ1v) is 9.89. The van der Waals surface area contributed by atoms with Gasteiger partial charge in [0.2, 0.25) is 0 Å². The summed E-state index contributed by atoms with van der Waals surface area (Å²) in [5.41, 5.74) is 10.8. The molecule has 5 nitrogen and oxygen atoms in total. The number of aromatic amines is 1. The predicted molar refractivity (Wildman–Crippen MR) is 115 cm³/mol. The average Bonchev–Trinajstić information content (AvgIpc) is 3.09. The number of nitrogens with zero attached hydrogens (tertiary/aromatic N) is 2. The first-order valence-electron chi connectivity index (χ1n) is 9.89. The van der Waals surface area contributed by atoms with Gasteiger partial charge in [0.25, 0.3) is 5.91 Å². The van der Waals surface area contributed by atoms with Crippen molar-refractivity contribution in [3.63, 3.8) is 0 Å². The molecule has 3 N–H and O–H groups in total. The minimum Gasteiger partial charge on any atom is -0.361 e. The molecule has 0 bridgehead atoms. The summed E-state index contributed by atoms with van der Waals surface area (Å²) in [5.74, 6) is 0.0617. The molecule has 1 unspecified atom stereocenters. The molecular weight excluding hydrogens is 348 g/mol. The summed E-state index contributed by atoms with van der Waals surface area (Å²) in [5, 5.41) is 1.15. The van der Waals surface area contributed by atoms with Crippen molar-refractivity contribution in [1.29, 1.82) is 0 Å². The van der Waals surface area contributed by atoms with Crippen molar-refractivity contribution in [3.8, 4) is 0 Å². The average molecular weight is 374 g/mol. The molecule has 1 amide bonds. The largest absolute Gasteiger partial charge is 0.361 e. The third kappa shape index (κ3) is 3.45. The molecule has 2 heterocycles. The molecule has 5 heteroatoms. The Bertz CT molecular complexity index is 1020. The van der Waals surface area contributed by atoms with Crippen molar-refractivity contribution in [1.82, 2.24) is 4.98 Å². The number of nitrogens with two attached hydrogens (primary N) is 1. The summed E-state index contributed by atoms with van der Waals surface area (Å²) < 4.78 is 0. The Kier molecular flexibility index (Phi) is 5.26. The van der Waals surface area contributed by atoms with E-state index < -0.39 is 6.04 Å². The minimum atomic E-state index is -0.426. The molecule has 4 rings (SSSR count). The van der Waals surface area contributed by atoms with Crippen molar-refractivity contribution in [3.05, 3.63) is 65.9 Å². The molecule has 1 atom stereocenters. The molecule has 0 aliphatic carbocycles. The fraction of sp³-hybridized carbons (Fsp3) is 0.304. The maximum atomic E-state index is 13.5. The van der Waals surface area contributed by atoms with Gasteiger partial charge in [-0.05, 0) is 44.0 Å². The fourth-order valence-electron chi connectivity index (χ4n) is 3.96. The number of H-pyrrole nitrogens is 1. The van der Waals surface area contributed by atoms with Crippen LogP contribution in [0.1, 0.15) is 30.9 Å². The number of hydrogen-bond acceptors (Lipinski definition) is 3. The third-order valence-electron chi connectivity index (χ3n) is 5.41. The van der Waals surface area contributed by atoms with Gasteiger partial charge in [0.1, 0.15) is 6.04 Å². The van der Waals surface area contributed by atoms with E-state index in [9.17, 15) is 4.79 Å². The second kappa shape index (κ2) is 7.98. The van der Waals surface area contributed by atoms with Gasteiger partial charge in [-0.3, -0.25) is 9.79 Å². The monoisotopic (exact) mass is 374 g/mol. The predicted octanol–water partition coefficient (Wildman–Crippen LogP) is 3.67. The molecule has 1 aliphatic rings. The molecule has 2 aromatic carbocycles. The third-order valence-corrected chi connectivity index (χ3v) is 5.41. The topological polar surface area (TPSA) is 74.5 Å². The number of aliphatic imine (C=N–C) groups is 1. The molecule has 28 heavy (non-hydrogen) atoms. The van der Waals surface area contributed by atoms with Crippen molar-refractivity contribution in [2.24, 2.45) is 10.7 Å². The number of amides is 1. The van der Waals surface area contributed by atoms with Gasteiger partial charge in [-0.25, -0.2) is 0 Å². The van der Waals surface area contributed by atoms with Gasteiger partial charge in [-0.15, -0.1) is 0 Å².